The first-order valence-electron chi connectivity index (χ1n) is 7.89. The molecule has 1 aromatic rings. The number of aromatic nitrogens is 3. The molecule has 2 aliphatic carbocycles. The van der Waals surface area contributed by atoms with Crippen molar-refractivity contribution in [3.8, 4) is 0 Å². The molecule has 1 atom stereocenters. The molecule has 0 aliphatic heterocycles. The maximum Gasteiger partial charge on any atom is 0.228 e. The van der Waals surface area contributed by atoms with Crippen LogP contribution in [0.15, 0.2) is 5.83 Å². The minimum atomic E-state index is -1.04. The van der Waals surface area contributed by atoms with E-state index < -0.39 is 11.9 Å². The van der Waals surface area contributed by atoms with Gasteiger partial charge in [-0.2, -0.15) is 15.0 Å². The van der Waals surface area contributed by atoms with Crippen molar-refractivity contribution in [3.05, 3.63) is 11.7 Å². The largest absolute Gasteiger partial charge is 0.386 e. The van der Waals surface area contributed by atoms with Gasteiger partial charge >= 0.3 is 0 Å². The number of hydrogen-bond donors (Lipinski definition) is 3. The molecule has 22 heavy (non-hydrogen) atoms. The average Bonchev–Trinajstić information content (AvgIpc) is 3.24. The predicted molar refractivity (Wildman–Crippen MR) is 83.1 cm³/mol. The molecule has 120 valence electrons. The van der Waals surface area contributed by atoms with Gasteiger partial charge in [0.1, 0.15) is 11.9 Å². The van der Waals surface area contributed by atoms with Gasteiger partial charge < -0.3 is 15.7 Å². The highest BCUT2D eigenvalue weighted by atomic mass is 19.1. The Hall–Kier alpha value is -1.76. The Morgan fingerprint density at radius 2 is 1.86 bits per heavy atom. The van der Waals surface area contributed by atoms with Gasteiger partial charge in [0, 0.05) is 17.7 Å². The predicted octanol–water partition coefficient (Wildman–Crippen LogP) is 2.49. The van der Waals surface area contributed by atoms with Gasteiger partial charge in [-0.15, -0.1) is 0 Å². The van der Waals surface area contributed by atoms with Crippen LogP contribution in [0.25, 0.3) is 5.57 Å². The first-order chi connectivity index (χ1) is 10.5. The van der Waals surface area contributed by atoms with E-state index in [0.717, 1.165) is 19.3 Å². The summed E-state index contributed by atoms with van der Waals surface area (Å²) in [4.78, 5) is 13.0. The maximum atomic E-state index is 14.2. The summed E-state index contributed by atoms with van der Waals surface area (Å²) in [6, 6.07) is 0.567. The second kappa shape index (κ2) is 6.16. The Morgan fingerprint density at radius 1 is 1.14 bits per heavy atom. The number of hydrogen-bond acceptors (Lipinski definition) is 6. The first-order valence-corrected chi connectivity index (χ1v) is 7.89. The van der Waals surface area contributed by atoms with Gasteiger partial charge in [-0.05, 0) is 46.0 Å². The third kappa shape index (κ3) is 3.52. The number of nitrogens with zero attached hydrogens (tertiary/aromatic N) is 3. The van der Waals surface area contributed by atoms with Crippen molar-refractivity contribution in [2.75, 3.05) is 10.6 Å². The Morgan fingerprint density at radius 3 is 2.55 bits per heavy atom. The zero-order valence-corrected chi connectivity index (χ0v) is 12.9. The smallest absolute Gasteiger partial charge is 0.228 e. The summed E-state index contributed by atoms with van der Waals surface area (Å²) in [7, 11) is 0. The highest BCUT2D eigenvalue weighted by Crippen LogP contribution is 2.32. The summed E-state index contributed by atoms with van der Waals surface area (Å²) in [5, 5.41) is 16.1. The van der Waals surface area contributed by atoms with Crippen molar-refractivity contribution < 1.29 is 9.50 Å². The molecule has 0 radical (unpaired) electrons. The van der Waals surface area contributed by atoms with Crippen LogP contribution in [0.2, 0.25) is 0 Å². The van der Waals surface area contributed by atoms with Crippen LogP contribution in [0.1, 0.15) is 51.8 Å². The monoisotopic (exact) mass is 307 g/mol. The van der Waals surface area contributed by atoms with E-state index in [2.05, 4.69) is 25.6 Å². The number of aliphatic hydroxyl groups is 1. The molecule has 0 amide bonds. The lowest BCUT2D eigenvalue weighted by atomic mass is 9.96. The molecular weight excluding hydrogens is 285 g/mol. The molecule has 0 saturated heterocycles. The molecule has 0 spiro atoms. The van der Waals surface area contributed by atoms with Crippen LogP contribution in [0, 0.1) is 0 Å². The molecule has 1 unspecified atom stereocenters. The van der Waals surface area contributed by atoms with Crippen molar-refractivity contribution in [2.45, 2.75) is 64.1 Å². The van der Waals surface area contributed by atoms with Crippen LogP contribution < -0.4 is 10.6 Å². The van der Waals surface area contributed by atoms with Crippen molar-refractivity contribution in [2.24, 2.45) is 0 Å². The van der Waals surface area contributed by atoms with Crippen molar-refractivity contribution >= 4 is 17.5 Å². The van der Waals surface area contributed by atoms with Crippen molar-refractivity contribution in [1.29, 1.82) is 0 Å². The Kier molecular flexibility index (Phi) is 4.24. The molecular formula is C15H22FN5O. The van der Waals surface area contributed by atoms with Gasteiger partial charge in [-0.25, -0.2) is 4.39 Å². The first kappa shape index (κ1) is 15.1. The van der Waals surface area contributed by atoms with Crippen LogP contribution in [-0.2, 0) is 0 Å². The van der Waals surface area contributed by atoms with Crippen LogP contribution in [0.5, 0.6) is 0 Å². The lowest BCUT2D eigenvalue weighted by molar-refractivity contribution is 0.165. The highest BCUT2D eigenvalue weighted by molar-refractivity contribution is 5.65. The van der Waals surface area contributed by atoms with E-state index in [1.165, 1.54) is 0 Å². The lowest BCUT2D eigenvalue weighted by Crippen LogP contribution is -2.19. The molecule has 1 fully saturated rings. The zero-order valence-electron chi connectivity index (χ0n) is 12.9. The number of aliphatic hydroxyl groups excluding tert-OH is 1. The molecule has 2 aliphatic rings. The van der Waals surface area contributed by atoms with E-state index in [4.69, 9.17) is 0 Å². The number of anilines is 2. The van der Waals surface area contributed by atoms with E-state index in [9.17, 15) is 9.50 Å². The minimum Gasteiger partial charge on any atom is -0.386 e. The van der Waals surface area contributed by atoms with Gasteiger partial charge in [0.2, 0.25) is 11.9 Å². The summed E-state index contributed by atoms with van der Waals surface area (Å²) in [5.41, 5.74) is 0.395. The fourth-order valence-electron chi connectivity index (χ4n) is 2.45. The molecule has 0 aromatic carbocycles. The normalized spacial score (nSPS) is 22.1. The van der Waals surface area contributed by atoms with Crippen LogP contribution in [0.3, 0.4) is 0 Å². The average molecular weight is 307 g/mol. The van der Waals surface area contributed by atoms with E-state index in [1.807, 2.05) is 13.8 Å². The lowest BCUT2D eigenvalue weighted by Gasteiger charge is -2.19. The molecule has 1 heterocycles. The summed E-state index contributed by atoms with van der Waals surface area (Å²) >= 11 is 0. The van der Waals surface area contributed by atoms with E-state index in [0.29, 0.717) is 42.2 Å². The van der Waals surface area contributed by atoms with Crippen molar-refractivity contribution in [3.63, 3.8) is 0 Å². The molecule has 7 heteroatoms. The summed E-state index contributed by atoms with van der Waals surface area (Å²) < 4.78 is 14.2. The second-order valence-electron chi connectivity index (χ2n) is 6.26. The molecule has 1 aromatic heterocycles. The fourth-order valence-corrected chi connectivity index (χ4v) is 2.45. The number of nitrogens with one attached hydrogen (secondary N) is 2. The van der Waals surface area contributed by atoms with E-state index in [1.54, 1.807) is 0 Å². The summed E-state index contributed by atoms with van der Waals surface area (Å²) in [6.07, 6.45) is 2.88. The Labute approximate surface area is 129 Å². The summed E-state index contributed by atoms with van der Waals surface area (Å²) in [6.45, 7) is 3.98. The van der Waals surface area contributed by atoms with Gasteiger partial charge in [0.25, 0.3) is 0 Å². The molecule has 3 N–H and O–H groups in total. The van der Waals surface area contributed by atoms with Crippen molar-refractivity contribution in [1.82, 2.24) is 15.0 Å². The number of allylic oxidation sites excluding steroid dienone is 1. The quantitative estimate of drug-likeness (QED) is 0.775. The van der Waals surface area contributed by atoms with Crippen LogP contribution in [-0.4, -0.2) is 38.2 Å². The molecule has 6 nitrogen and oxygen atoms in total. The number of halogens is 1. The van der Waals surface area contributed by atoms with Gasteiger partial charge in [0.15, 0.2) is 5.82 Å². The minimum absolute atomic E-state index is 0.166. The maximum absolute atomic E-state index is 14.2. The molecule has 0 bridgehead atoms. The fraction of sp³-hybridized carbons (Fsp3) is 0.667. The Balaban J connectivity index is 1.95. The zero-order chi connectivity index (χ0) is 15.7. The highest BCUT2D eigenvalue weighted by Gasteiger charge is 2.26. The van der Waals surface area contributed by atoms with E-state index >= 15 is 0 Å². The second-order valence-corrected chi connectivity index (χ2v) is 6.26. The van der Waals surface area contributed by atoms with Gasteiger partial charge in [0.05, 0.1) is 0 Å². The Bertz CT molecular complexity index is 563. The van der Waals surface area contributed by atoms with Crippen LogP contribution in [0.4, 0.5) is 16.3 Å². The topological polar surface area (TPSA) is 83.0 Å². The molecule has 1 saturated carbocycles. The van der Waals surface area contributed by atoms with Gasteiger partial charge in [-0.1, -0.05) is 0 Å². The molecule has 3 rings (SSSR count). The SMILES string of the molecule is CC(C)Nc1nc(NC2CC2)nc(C2=C(F)C(O)CCC2)n1. The summed E-state index contributed by atoms with van der Waals surface area (Å²) in [5.74, 6) is 0.711. The standard InChI is InChI=1S/C15H22FN5O/c1-8(2)17-14-19-13(10-4-3-5-11(22)12(10)16)20-15(21-14)18-9-6-7-9/h8-9,11,22H,3-7H2,1-2H3,(H2,17,18,19,20,21). The third-order valence-corrected chi connectivity index (χ3v) is 3.72. The third-order valence-electron chi connectivity index (χ3n) is 3.72. The number of rotatable bonds is 5. The van der Waals surface area contributed by atoms with Gasteiger partial charge in [-0.3, -0.25) is 0 Å². The van der Waals surface area contributed by atoms with Crippen LogP contribution >= 0.6 is 0 Å². The van der Waals surface area contributed by atoms with E-state index in [-0.39, 0.29) is 6.04 Å².